The highest BCUT2D eigenvalue weighted by Gasteiger charge is 2.46. The highest BCUT2D eigenvalue weighted by atomic mass is 32.2. The van der Waals surface area contributed by atoms with Gasteiger partial charge >= 0.3 is 0 Å². The number of nitrogen functional groups attached to an aromatic ring is 1. The van der Waals surface area contributed by atoms with Crippen molar-refractivity contribution in [2.45, 2.75) is 73.8 Å². The molecule has 3 atom stereocenters. The van der Waals surface area contributed by atoms with Gasteiger partial charge in [-0.3, -0.25) is 14.9 Å². The molecule has 12 nitrogen and oxygen atoms in total. The molecular formula is C26H29N9O3S. The van der Waals surface area contributed by atoms with E-state index in [1.807, 2.05) is 17.2 Å². The lowest BCUT2D eigenvalue weighted by Gasteiger charge is -2.38. The summed E-state index contributed by atoms with van der Waals surface area (Å²) in [6, 6.07) is 3.97. The average molecular weight is 548 g/mol. The normalized spacial score (nSPS) is 23.3. The van der Waals surface area contributed by atoms with E-state index in [2.05, 4.69) is 31.3 Å². The number of nitrogens with one attached hydrogen (secondary N) is 1. The molecule has 3 aliphatic rings. The molecule has 39 heavy (non-hydrogen) atoms. The molecule has 3 N–H and O–H groups in total. The predicted octanol–water partition coefficient (Wildman–Crippen LogP) is 2.71. The molecule has 1 saturated carbocycles. The van der Waals surface area contributed by atoms with E-state index in [0.29, 0.717) is 30.1 Å². The Hall–Kier alpha value is -3.87. The second-order valence-electron chi connectivity index (χ2n) is 11.0. The molecule has 2 aliphatic heterocycles. The van der Waals surface area contributed by atoms with Gasteiger partial charge in [0, 0.05) is 53.2 Å². The average Bonchev–Trinajstić information content (AvgIpc) is 3.61. The Bertz CT molecular complexity index is 1660. The molecule has 2 saturated heterocycles. The fourth-order valence-electron chi connectivity index (χ4n) is 6.55. The number of hydrogen-bond donors (Lipinski definition) is 2. The lowest BCUT2D eigenvalue weighted by molar-refractivity contribution is 0.0556. The van der Waals surface area contributed by atoms with E-state index in [1.54, 1.807) is 6.20 Å². The smallest absolute Gasteiger partial charge is 0.291 e. The minimum atomic E-state index is -3.72. The van der Waals surface area contributed by atoms with Crippen LogP contribution in [0.3, 0.4) is 0 Å². The fraction of sp³-hybridized carbons (Fsp3) is 0.462. The second-order valence-corrected chi connectivity index (χ2v) is 12.9. The fourth-order valence-corrected chi connectivity index (χ4v) is 7.61. The lowest BCUT2D eigenvalue weighted by atomic mass is 9.82. The van der Waals surface area contributed by atoms with Gasteiger partial charge in [0.05, 0.1) is 11.9 Å². The first kappa shape index (κ1) is 24.2. The predicted molar refractivity (Wildman–Crippen MR) is 142 cm³/mol. The number of aromatic nitrogens is 7. The van der Waals surface area contributed by atoms with Crippen molar-refractivity contribution < 1.29 is 13.2 Å². The molecule has 6 heterocycles. The molecular weight excluding hydrogens is 518 g/mol. The SMILES string of the molecule is CS(=O)(=O)c1c([C@@H]2C[C@H]3CC[C@@H](C2)N3C(=O)c2ncn[nH]2)nc2c(-c3ccc(C4CCC4)nc3)cnn2c1N. The third-order valence-corrected chi connectivity index (χ3v) is 9.79. The first-order valence-electron chi connectivity index (χ1n) is 13.3. The zero-order valence-electron chi connectivity index (χ0n) is 21.5. The van der Waals surface area contributed by atoms with Gasteiger partial charge in [-0.25, -0.2) is 18.4 Å². The maximum Gasteiger partial charge on any atom is 0.291 e. The Morgan fingerprint density at radius 3 is 2.41 bits per heavy atom. The Morgan fingerprint density at radius 1 is 1.05 bits per heavy atom. The van der Waals surface area contributed by atoms with Gasteiger partial charge in [-0.2, -0.15) is 14.7 Å². The molecule has 7 rings (SSSR count). The number of hydrogen-bond acceptors (Lipinski definition) is 9. The number of anilines is 1. The largest absolute Gasteiger partial charge is 0.382 e. The summed E-state index contributed by atoms with van der Waals surface area (Å²) >= 11 is 0. The van der Waals surface area contributed by atoms with E-state index < -0.39 is 9.84 Å². The first-order chi connectivity index (χ1) is 18.8. The number of carbonyl (C=O) groups is 1. The summed E-state index contributed by atoms with van der Waals surface area (Å²) in [6.07, 6.45) is 12.4. The number of H-pyrrole nitrogens is 1. The third-order valence-electron chi connectivity index (χ3n) is 8.63. The van der Waals surface area contributed by atoms with Crippen LogP contribution in [0.5, 0.6) is 0 Å². The van der Waals surface area contributed by atoms with Gasteiger partial charge in [0.25, 0.3) is 5.91 Å². The van der Waals surface area contributed by atoms with Crippen molar-refractivity contribution in [1.82, 2.24) is 39.7 Å². The summed E-state index contributed by atoms with van der Waals surface area (Å²) in [7, 11) is -3.72. The van der Waals surface area contributed by atoms with E-state index in [4.69, 9.17) is 10.7 Å². The van der Waals surface area contributed by atoms with Gasteiger partial charge in [0.2, 0.25) is 5.82 Å². The van der Waals surface area contributed by atoms with Gasteiger partial charge in [-0.15, -0.1) is 0 Å². The van der Waals surface area contributed by atoms with Crippen molar-refractivity contribution in [2.75, 3.05) is 12.0 Å². The Kier molecular flexibility index (Phi) is 5.48. The number of nitrogens with zero attached hydrogens (tertiary/aromatic N) is 7. The number of pyridine rings is 1. The molecule has 4 aromatic heterocycles. The number of rotatable bonds is 5. The number of aromatic amines is 1. The van der Waals surface area contributed by atoms with Crippen LogP contribution in [0.4, 0.5) is 5.82 Å². The van der Waals surface area contributed by atoms with Crippen LogP contribution < -0.4 is 5.73 Å². The van der Waals surface area contributed by atoms with Crippen molar-refractivity contribution >= 4 is 27.2 Å². The number of carbonyl (C=O) groups excluding carboxylic acids is 1. The molecule has 1 aliphatic carbocycles. The first-order valence-corrected chi connectivity index (χ1v) is 15.2. The molecule has 0 radical (unpaired) electrons. The molecule has 202 valence electrons. The summed E-state index contributed by atoms with van der Waals surface area (Å²) in [5.74, 6) is 0.431. The Labute approximate surface area is 225 Å². The number of piperidine rings is 1. The molecule has 1 amide bonds. The molecule has 0 spiro atoms. The minimum Gasteiger partial charge on any atom is -0.382 e. The molecule has 2 bridgehead atoms. The van der Waals surface area contributed by atoms with Crippen LogP contribution >= 0.6 is 0 Å². The summed E-state index contributed by atoms with van der Waals surface area (Å²) in [4.78, 5) is 28.7. The van der Waals surface area contributed by atoms with Crippen LogP contribution in [-0.4, -0.2) is 72.3 Å². The van der Waals surface area contributed by atoms with E-state index >= 15 is 0 Å². The minimum absolute atomic E-state index is 0.0162. The summed E-state index contributed by atoms with van der Waals surface area (Å²) < 4.78 is 27.5. The van der Waals surface area contributed by atoms with Crippen LogP contribution in [-0.2, 0) is 9.84 Å². The van der Waals surface area contributed by atoms with E-state index in [9.17, 15) is 13.2 Å². The topological polar surface area (TPSA) is 165 Å². The van der Waals surface area contributed by atoms with Crippen LogP contribution in [0.2, 0.25) is 0 Å². The van der Waals surface area contributed by atoms with Gasteiger partial charge in [-0.05, 0) is 44.6 Å². The van der Waals surface area contributed by atoms with Gasteiger partial charge < -0.3 is 10.6 Å². The van der Waals surface area contributed by atoms with Gasteiger partial charge in [-0.1, -0.05) is 12.5 Å². The number of fused-ring (bicyclic) bond motifs is 3. The number of amides is 1. The quantitative estimate of drug-likeness (QED) is 0.382. The molecule has 3 fully saturated rings. The molecule has 0 unspecified atom stereocenters. The summed E-state index contributed by atoms with van der Waals surface area (Å²) in [5, 5.41) is 10.9. The highest BCUT2D eigenvalue weighted by Crippen LogP contribution is 2.45. The van der Waals surface area contributed by atoms with Gasteiger partial charge in [0.1, 0.15) is 17.0 Å². The number of sulfone groups is 1. The number of nitrogens with two attached hydrogens (primary N) is 1. The summed E-state index contributed by atoms with van der Waals surface area (Å²) in [5.41, 5.74) is 10.1. The maximum atomic E-state index is 13.1. The van der Waals surface area contributed by atoms with Crippen molar-refractivity contribution in [1.29, 1.82) is 0 Å². The van der Waals surface area contributed by atoms with Crippen molar-refractivity contribution in [2.24, 2.45) is 0 Å². The second kappa shape index (κ2) is 8.83. The Balaban J connectivity index is 1.28. The monoisotopic (exact) mass is 547 g/mol. The zero-order chi connectivity index (χ0) is 26.9. The molecule has 13 heteroatoms. The van der Waals surface area contributed by atoms with Crippen LogP contribution in [0.1, 0.15) is 78.8 Å². The summed E-state index contributed by atoms with van der Waals surface area (Å²) in [6.45, 7) is 0. The molecule has 4 aromatic rings. The van der Waals surface area contributed by atoms with E-state index in [1.165, 1.54) is 30.1 Å². The van der Waals surface area contributed by atoms with Crippen LogP contribution in [0.25, 0.3) is 16.8 Å². The zero-order valence-corrected chi connectivity index (χ0v) is 22.3. The third kappa shape index (κ3) is 3.89. The van der Waals surface area contributed by atoms with E-state index in [0.717, 1.165) is 35.9 Å². The van der Waals surface area contributed by atoms with Crippen LogP contribution in [0.15, 0.2) is 35.7 Å². The van der Waals surface area contributed by atoms with Crippen LogP contribution in [0, 0.1) is 0 Å². The maximum absolute atomic E-state index is 13.1. The Morgan fingerprint density at radius 2 is 1.82 bits per heavy atom. The van der Waals surface area contributed by atoms with Crippen molar-refractivity contribution in [3.8, 4) is 11.1 Å². The molecule has 0 aromatic carbocycles. The van der Waals surface area contributed by atoms with Crippen molar-refractivity contribution in [3.63, 3.8) is 0 Å². The van der Waals surface area contributed by atoms with Gasteiger partial charge in [0.15, 0.2) is 15.5 Å². The highest BCUT2D eigenvalue weighted by molar-refractivity contribution is 7.91. The van der Waals surface area contributed by atoms with E-state index in [-0.39, 0.29) is 40.4 Å². The lowest BCUT2D eigenvalue weighted by Crippen LogP contribution is -2.46. The standard InChI is InChI=1S/C26H29N9O3S/c1-39(37,38)22-21(16-9-17-6-7-18(10-16)34(17)26(36)24-29-13-30-33-24)32-25-19(12-31-35(25)23(22)27)15-5-8-20(28-11-15)14-3-2-4-14/h5,8,11-14,16-18H,2-4,6-7,9-10,27H2,1H3,(H,29,30,33)/t16-,17-,18+. The van der Waals surface area contributed by atoms with Crippen molar-refractivity contribution in [3.05, 3.63) is 48.1 Å².